The van der Waals surface area contributed by atoms with Crippen LogP contribution in [0.5, 0.6) is 5.75 Å². The zero-order valence-corrected chi connectivity index (χ0v) is 19.0. The molecule has 36 heavy (non-hydrogen) atoms. The standard InChI is InChI=1S/C27H19N3O6/c1-34-19-9-6-17(7-10-19)27-29-22-16-18(8-13-25(22)36-27)28-26(31)15-12-20-11-14-24(35-20)21-4-2-3-5-23(21)30(32)33/h2-16H,1H3,(H,28,31). The number of nitro benzene ring substituents is 1. The van der Waals surface area contributed by atoms with E-state index in [1.54, 1.807) is 55.6 Å². The Morgan fingerprint density at radius 1 is 1.03 bits per heavy atom. The number of carbonyl (C=O) groups excluding carboxylic acids is 1. The zero-order valence-electron chi connectivity index (χ0n) is 19.0. The Hall–Kier alpha value is -5.18. The van der Waals surface area contributed by atoms with Gasteiger partial charge >= 0.3 is 0 Å². The summed E-state index contributed by atoms with van der Waals surface area (Å²) in [6.45, 7) is 0. The van der Waals surface area contributed by atoms with Gasteiger partial charge in [-0.15, -0.1) is 0 Å². The summed E-state index contributed by atoms with van der Waals surface area (Å²) in [5, 5.41) is 14.0. The fraction of sp³-hybridized carbons (Fsp3) is 0.0370. The first kappa shape index (κ1) is 22.6. The van der Waals surface area contributed by atoms with Gasteiger partial charge in [0.05, 0.1) is 17.6 Å². The first-order chi connectivity index (χ1) is 17.5. The van der Waals surface area contributed by atoms with E-state index in [2.05, 4.69) is 10.3 Å². The second kappa shape index (κ2) is 9.59. The predicted octanol–water partition coefficient (Wildman–Crippen LogP) is 6.32. The quantitative estimate of drug-likeness (QED) is 0.164. The molecule has 0 saturated carbocycles. The number of oxazole rings is 1. The summed E-state index contributed by atoms with van der Waals surface area (Å²) < 4.78 is 16.7. The van der Waals surface area contributed by atoms with Crippen LogP contribution in [0, 0.1) is 10.1 Å². The number of amides is 1. The van der Waals surface area contributed by atoms with E-state index >= 15 is 0 Å². The van der Waals surface area contributed by atoms with E-state index in [4.69, 9.17) is 13.6 Å². The highest BCUT2D eigenvalue weighted by atomic mass is 16.6. The van der Waals surface area contributed by atoms with Gasteiger partial charge in [0.2, 0.25) is 11.8 Å². The first-order valence-corrected chi connectivity index (χ1v) is 10.9. The fourth-order valence-electron chi connectivity index (χ4n) is 3.63. The lowest BCUT2D eigenvalue weighted by Gasteiger charge is -2.01. The van der Waals surface area contributed by atoms with E-state index in [0.29, 0.717) is 39.8 Å². The summed E-state index contributed by atoms with van der Waals surface area (Å²) >= 11 is 0. The molecule has 5 rings (SSSR count). The van der Waals surface area contributed by atoms with Gasteiger partial charge in [0, 0.05) is 23.4 Å². The van der Waals surface area contributed by atoms with Crippen molar-refractivity contribution in [2.45, 2.75) is 0 Å². The molecule has 5 aromatic rings. The van der Waals surface area contributed by atoms with E-state index in [1.807, 2.05) is 24.3 Å². The number of furan rings is 1. The minimum Gasteiger partial charge on any atom is -0.497 e. The van der Waals surface area contributed by atoms with E-state index in [-0.39, 0.29) is 11.6 Å². The average molecular weight is 481 g/mol. The number of methoxy groups -OCH3 is 1. The Kier molecular flexibility index (Phi) is 6.02. The van der Waals surface area contributed by atoms with Crippen LogP contribution in [0.25, 0.3) is 40.0 Å². The van der Waals surface area contributed by atoms with Crippen molar-refractivity contribution in [1.29, 1.82) is 0 Å². The number of benzene rings is 3. The van der Waals surface area contributed by atoms with Crippen molar-refractivity contribution in [2.75, 3.05) is 12.4 Å². The highest BCUT2D eigenvalue weighted by molar-refractivity contribution is 6.02. The number of ether oxygens (including phenoxy) is 1. The van der Waals surface area contributed by atoms with Crippen LogP contribution in [0.4, 0.5) is 11.4 Å². The van der Waals surface area contributed by atoms with E-state index < -0.39 is 4.92 Å². The van der Waals surface area contributed by atoms with Gasteiger partial charge in [-0.1, -0.05) is 12.1 Å². The molecule has 9 heteroatoms. The maximum Gasteiger partial charge on any atom is 0.280 e. The number of hydrogen-bond acceptors (Lipinski definition) is 7. The third-order valence-electron chi connectivity index (χ3n) is 5.38. The zero-order chi connectivity index (χ0) is 25.1. The van der Waals surface area contributed by atoms with Crippen molar-refractivity contribution in [3.05, 3.63) is 101 Å². The lowest BCUT2D eigenvalue weighted by Crippen LogP contribution is -2.07. The SMILES string of the molecule is COc1ccc(-c2nc3cc(NC(=O)C=Cc4ccc(-c5ccccc5[N+](=O)[O-])o4)ccc3o2)cc1. The Labute approximate surface area is 204 Å². The molecular formula is C27H19N3O6. The topological polar surface area (TPSA) is 121 Å². The van der Waals surface area contributed by atoms with Crippen LogP contribution in [0.15, 0.2) is 93.8 Å². The number of hydrogen-bond donors (Lipinski definition) is 1. The Morgan fingerprint density at radius 2 is 1.83 bits per heavy atom. The van der Waals surface area contributed by atoms with Crippen LogP contribution in [-0.2, 0) is 4.79 Å². The number of anilines is 1. The summed E-state index contributed by atoms with van der Waals surface area (Å²) in [6, 6.07) is 22.1. The van der Waals surface area contributed by atoms with Crippen LogP contribution in [0.3, 0.4) is 0 Å². The molecule has 9 nitrogen and oxygen atoms in total. The molecular weight excluding hydrogens is 462 g/mol. The number of fused-ring (bicyclic) bond motifs is 1. The van der Waals surface area contributed by atoms with Gasteiger partial charge in [-0.3, -0.25) is 14.9 Å². The van der Waals surface area contributed by atoms with Crippen molar-refractivity contribution in [1.82, 2.24) is 4.98 Å². The number of para-hydroxylation sites is 1. The van der Waals surface area contributed by atoms with Gasteiger partial charge in [-0.2, -0.15) is 0 Å². The molecule has 0 unspecified atom stereocenters. The molecule has 2 aromatic heterocycles. The molecule has 0 aliphatic heterocycles. The summed E-state index contributed by atoms with van der Waals surface area (Å²) in [4.78, 5) is 27.7. The number of nitro groups is 1. The third-order valence-corrected chi connectivity index (χ3v) is 5.38. The molecule has 0 spiro atoms. The van der Waals surface area contributed by atoms with Gasteiger partial charge < -0.3 is 18.9 Å². The van der Waals surface area contributed by atoms with Gasteiger partial charge in [-0.25, -0.2) is 4.98 Å². The molecule has 0 fully saturated rings. The van der Waals surface area contributed by atoms with Crippen molar-refractivity contribution in [2.24, 2.45) is 0 Å². The van der Waals surface area contributed by atoms with Gasteiger partial charge in [0.15, 0.2) is 5.58 Å². The minimum absolute atomic E-state index is 0.0569. The van der Waals surface area contributed by atoms with Crippen molar-refractivity contribution in [3.8, 4) is 28.5 Å². The first-order valence-electron chi connectivity index (χ1n) is 10.9. The molecule has 0 aliphatic rings. The number of rotatable bonds is 7. The molecule has 0 bridgehead atoms. The smallest absolute Gasteiger partial charge is 0.280 e. The van der Waals surface area contributed by atoms with Crippen molar-refractivity contribution in [3.63, 3.8) is 0 Å². The maximum absolute atomic E-state index is 12.4. The van der Waals surface area contributed by atoms with Crippen LogP contribution in [-0.4, -0.2) is 22.9 Å². The molecule has 178 valence electrons. The van der Waals surface area contributed by atoms with Crippen LogP contribution in [0.2, 0.25) is 0 Å². The monoisotopic (exact) mass is 481 g/mol. The molecule has 0 atom stereocenters. The largest absolute Gasteiger partial charge is 0.497 e. The van der Waals surface area contributed by atoms with Gasteiger partial charge in [0.25, 0.3) is 5.69 Å². The lowest BCUT2D eigenvalue weighted by atomic mass is 10.1. The van der Waals surface area contributed by atoms with E-state index in [1.165, 1.54) is 18.2 Å². The normalized spacial score (nSPS) is 11.1. The van der Waals surface area contributed by atoms with E-state index in [0.717, 1.165) is 11.3 Å². The summed E-state index contributed by atoms with van der Waals surface area (Å²) in [6.07, 6.45) is 2.81. The Bertz CT molecular complexity index is 1600. The van der Waals surface area contributed by atoms with Crippen molar-refractivity contribution >= 4 is 34.5 Å². The Morgan fingerprint density at radius 3 is 2.61 bits per heavy atom. The fourth-order valence-corrected chi connectivity index (χ4v) is 3.63. The lowest BCUT2D eigenvalue weighted by molar-refractivity contribution is -0.384. The van der Waals surface area contributed by atoms with Crippen LogP contribution >= 0.6 is 0 Å². The minimum atomic E-state index is -0.466. The second-order valence-corrected chi connectivity index (χ2v) is 7.73. The number of aromatic nitrogens is 1. The Balaban J connectivity index is 1.28. The van der Waals surface area contributed by atoms with Gasteiger partial charge in [0.1, 0.15) is 22.8 Å². The molecule has 1 amide bonds. The predicted molar refractivity (Wildman–Crippen MR) is 134 cm³/mol. The summed E-state index contributed by atoms with van der Waals surface area (Å²) in [5.41, 5.74) is 2.85. The molecule has 0 saturated heterocycles. The van der Waals surface area contributed by atoms with Crippen molar-refractivity contribution < 1.29 is 23.3 Å². The highest BCUT2D eigenvalue weighted by Gasteiger charge is 2.17. The summed E-state index contributed by atoms with van der Waals surface area (Å²) in [7, 11) is 1.60. The molecule has 2 heterocycles. The van der Waals surface area contributed by atoms with Crippen LogP contribution in [0.1, 0.15) is 5.76 Å². The number of nitrogens with one attached hydrogen (secondary N) is 1. The van der Waals surface area contributed by atoms with E-state index in [9.17, 15) is 14.9 Å². The number of nitrogens with zero attached hydrogens (tertiary/aromatic N) is 2. The second-order valence-electron chi connectivity index (χ2n) is 7.73. The molecule has 0 aliphatic carbocycles. The molecule has 1 N–H and O–H groups in total. The maximum atomic E-state index is 12.4. The summed E-state index contributed by atoms with van der Waals surface area (Å²) in [5.74, 6) is 1.54. The average Bonchev–Trinajstić information content (AvgIpc) is 3.54. The number of carbonyl (C=O) groups is 1. The molecule has 3 aromatic carbocycles. The third kappa shape index (κ3) is 4.71. The molecule has 0 radical (unpaired) electrons. The van der Waals surface area contributed by atoms with Gasteiger partial charge in [-0.05, 0) is 66.7 Å². The van der Waals surface area contributed by atoms with Crippen LogP contribution < -0.4 is 10.1 Å². The highest BCUT2D eigenvalue weighted by Crippen LogP contribution is 2.31.